The van der Waals surface area contributed by atoms with Crippen LogP contribution in [0.1, 0.15) is 33.1 Å². The summed E-state index contributed by atoms with van der Waals surface area (Å²) in [5.74, 6) is -0.424. The lowest BCUT2D eigenvalue weighted by atomic mass is 9.69. The fourth-order valence-corrected chi connectivity index (χ4v) is 3.21. The maximum absolute atomic E-state index is 11.1. The quantitative estimate of drug-likeness (QED) is 0.645. The van der Waals surface area contributed by atoms with E-state index >= 15 is 0 Å². The molecule has 0 unspecified atom stereocenters. The van der Waals surface area contributed by atoms with Crippen molar-refractivity contribution in [1.29, 1.82) is 0 Å². The minimum absolute atomic E-state index is 0.212. The van der Waals surface area contributed by atoms with Gasteiger partial charge in [0, 0.05) is 0 Å². The molecule has 2 aliphatic carbocycles. The number of rotatable bonds is 1. The maximum Gasteiger partial charge on any atom is 0.312 e. The van der Waals surface area contributed by atoms with E-state index in [4.69, 9.17) is 5.11 Å². The number of hydrogen-bond acceptors (Lipinski definition) is 2. The molecule has 3 nitrogen and oxygen atoms in total. The predicted octanol–water partition coefficient (Wildman–Crippen LogP) is 1.26. The molecule has 2 fully saturated rings. The van der Waals surface area contributed by atoms with Gasteiger partial charge in [0.25, 0.3) is 0 Å². The van der Waals surface area contributed by atoms with E-state index in [1.54, 1.807) is 0 Å². The van der Waals surface area contributed by atoms with Crippen LogP contribution in [0, 0.1) is 16.7 Å². The van der Waals surface area contributed by atoms with Gasteiger partial charge in [0.05, 0.1) is 11.5 Å². The summed E-state index contributed by atoms with van der Waals surface area (Å²) >= 11 is 0. The standard InChI is InChI=1S/C10H16O3/c1-9(2)6-3-4-10(5-6,7(9)11)8(12)13/h6-7,11H,3-5H2,1-2H3,(H,12,13)/t6-,7-,10+/m0/s1. The molecule has 0 saturated heterocycles. The molecule has 3 heteroatoms. The van der Waals surface area contributed by atoms with Gasteiger partial charge in [-0.15, -0.1) is 0 Å². The molecule has 0 aromatic carbocycles. The largest absolute Gasteiger partial charge is 0.481 e. The van der Waals surface area contributed by atoms with E-state index in [0.29, 0.717) is 18.8 Å². The molecular weight excluding hydrogens is 168 g/mol. The Balaban J connectivity index is 2.40. The number of carbonyl (C=O) groups is 1. The van der Waals surface area contributed by atoms with Crippen molar-refractivity contribution in [2.75, 3.05) is 0 Å². The highest BCUT2D eigenvalue weighted by Crippen LogP contribution is 2.62. The molecule has 0 aliphatic heterocycles. The molecular formula is C10H16O3. The van der Waals surface area contributed by atoms with Crippen molar-refractivity contribution in [3.05, 3.63) is 0 Å². The van der Waals surface area contributed by atoms with Gasteiger partial charge in [-0.1, -0.05) is 13.8 Å². The van der Waals surface area contributed by atoms with Crippen LogP contribution >= 0.6 is 0 Å². The van der Waals surface area contributed by atoms with Crippen molar-refractivity contribution in [3.63, 3.8) is 0 Å². The number of aliphatic hydroxyl groups is 1. The Morgan fingerprint density at radius 2 is 2.08 bits per heavy atom. The lowest BCUT2D eigenvalue weighted by Crippen LogP contribution is -2.45. The number of carboxylic acids is 1. The second-order valence-corrected chi connectivity index (χ2v) is 5.12. The van der Waals surface area contributed by atoms with Crippen LogP contribution in [-0.2, 0) is 4.79 Å². The Morgan fingerprint density at radius 3 is 2.38 bits per heavy atom. The zero-order valence-corrected chi connectivity index (χ0v) is 8.08. The number of hydrogen-bond donors (Lipinski definition) is 2. The lowest BCUT2D eigenvalue weighted by Gasteiger charge is -2.38. The van der Waals surface area contributed by atoms with Crippen molar-refractivity contribution in [2.24, 2.45) is 16.7 Å². The van der Waals surface area contributed by atoms with E-state index in [1.807, 2.05) is 13.8 Å². The number of aliphatic hydroxyl groups excluding tert-OH is 1. The monoisotopic (exact) mass is 184 g/mol. The van der Waals surface area contributed by atoms with Crippen LogP contribution in [0.3, 0.4) is 0 Å². The van der Waals surface area contributed by atoms with Gasteiger partial charge < -0.3 is 10.2 Å². The van der Waals surface area contributed by atoms with Crippen LogP contribution in [0.15, 0.2) is 0 Å². The molecule has 2 aliphatic rings. The molecule has 13 heavy (non-hydrogen) atoms. The average molecular weight is 184 g/mol. The van der Waals surface area contributed by atoms with Crippen LogP contribution < -0.4 is 0 Å². The van der Waals surface area contributed by atoms with Gasteiger partial charge in [-0.2, -0.15) is 0 Å². The van der Waals surface area contributed by atoms with E-state index in [-0.39, 0.29) is 5.41 Å². The van der Waals surface area contributed by atoms with Crippen LogP contribution in [0.4, 0.5) is 0 Å². The van der Waals surface area contributed by atoms with Gasteiger partial charge in [-0.05, 0) is 30.6 Å². The van der Waals surface area contributed by atoms with Crippen molar-refractivity contribution >= 4 is 5.97 Å². The molecule has 2 N–H and O–H groups in total. The van der Waals surface area contributed by atoms with Gasteiger partial charge >= 0.3 is 5.97 Å². The Kier molecular flexibility index (Phi) is 1.57. The van der Waals surface area contributed by atoms with Crippen LogP contribution in [0.2, 0.25) is 0 Å². The molecule has 3 atom stereocenters. The summed E-state index contributed by atoms with van der Waals surface area (Å²) in [6, 6.07) is 0. The summed E-state index contributed by atoms with van der Waals surface area (Å²) in [6.45, 7) is 3.96. The second-order valence-electron chi connectivity index (χ2n) is 5.12. The summed E-state index contributed by atoms with van der Waals surface area (Å²) in [6.07, 6.45) is 1.60. The zero-order valence-electron chi connectivity index (χ0n) is 8.08. The Bertz CT molecular complexity index is 259. The first-order valence-electron chi connectivity index (χ1n) is 4.83. The lowest BCUT2D eigenvalue weighted by molar-refractivity contribution is -0.159. The van der Waals surface area contributed by atoms with E-state index in [9.17, 15) is 9.90 Å². The van der Waals surface area contributed by atoms with Crippen molar-refractivity contribution in [3.8, 4) is 0 Å². The van der Waals surface area contributed by atoms with E-state index in [0.717, 1.165) is 6.42 Å². The molecule has 2 rings (SSSR count). The molecule has 0 amide bonds. The van der Waals surface area contributed by atoms with Crippen LogP contribution in [0.5, 0.6) is 0 Å². The predicted molar refractivity (Wildman–Crippen MR) is 47.2 cm³/mol. The average Bonchev–Trinajstić information content (AvgIpc) is 2.53. The maximum atomic E-state index is 11.1. The van der Waals surface area contributed by atoms with Gasteiger partial charge in [-0.25, -0.2) is 0 Å². The number of aliphatic carboxylic acids is 1. The normalized spacial score (nSPS) is 46.7. The highest BCUT2D eigenvalue weighted by atomic mass is 16.4. The molecule has 0 spiro atoms. The minimum atomic E-state index is -0.825. The second kappa shape index (κ2) is 2.27. The summed E-state index contributed by atoms with van der Waals surface area (Å²) in [4.78, 5) is 11.1. The molecule has 0 heterocycles. The fourth-order valence-electron chi connectivity index (χ4n) is 3.21. The molecule has 0 aromatic rings. The Hall–Kier alpha value is -0.570. The molecule has 2 bridgehead atoms. The Labute approximate surface area is 77.8 Å². The third-order valence-corrected chi connectivity index (χ3v) is 4.26. The summed E-state index contributed by atoms with van der Waals surface area (Å²) < 4.78 is 0. The first kappa shape index (κ1) is 9.00. The van der Waals surface area contributed by atoms with Gasteiger partial charge in [0.2, 0.25) is 0 Å². The molecule has 0 aromatic heterocycles. The van der Waals surface area contributed by atoms with Gasteiger partial charge in [-0.3, -0.25) is 4.79 Å². The van der Waals surface area contributed by atoms with Crippen LogP contribution in [-0.4, -0.2) is 22.3 Å². The number of carboxylic acid groups (broad SMARTS) is 1. The highest BCUT2D eigenvalue weighted by Gasteiger charge is 2.65. The van der Waals surface area contributed by atoms with E-state index < -0.39 is 17.5 Å². The zero-order chi connectivity index (χ0) is 9.85. The van der Waals surface area contributed by atoms with E-state index in [1.165, 1.54) is 0 Å². The van der Waals surface area contributed by atoms with Crippen molar-refractivity contribution in [1.82, 2.24) is 0 Å². The Morgan fingerprint density at radius 1 is 1.46 bits per heavy atom. The fraction of sp³-hybridized carbons (Fsp3) is 0.900. The minimum Gasteiger partial charge on any atom is -0.481 e. The highest BCUT2D eigenvalue weighted by molar-refractivity contribution is 5.77. The van der Waals surface area contributed by atoms with E-state index in [2.05, 4.69) is 0 Å². The SMILES string of the molecule is CC1(C)[C@H]2CC[C@@](C(=O)O)(C2)[C@H]1O. The molecule has 2 saturated carbocycles. The summed E-state index contributed by atoms with van der Waals surface area (Å²) in [5.41, 5.74) is -1.04. The van der Waals surface area contributed by atoms with Crippen molar-refractivity contribution in [2.45, 2.75) is 39.2 Å². The summed E-state index contributed by atoms with van der Waals surface area (Å²) in [7, 11) is 0. The third-order valence-electron chi connectivity index (χ3n) is 4.26. The summed E-state index contributed by atoms with van der Waals surface area (Å²) in [5, 5.41) is 19.1. The molecule has 0 radical (unpaired) electrons. The molecule has 74 valence electrons. The van der Waals surface area contributed by atoms with Gasteiger partial charge in [0.1, 0.15) is 0 Å². The number of fused-ring (bicyclic) bond motifs is 2. The smallest absolute Gasteiger partial charge is 0.312 e. The topological polar surface area (TPSA) is 57.5 Å². The first-order chi connectivity index (χ1) is 5.91. The van der Waals surface area contributed by atoms with Crippen LogP contribution in [0.25, 0.3) is 0 Å². The van der Waals surface area contributed by atoms with Gasteiger partial charge in [0.15, 0.2) is 0 Å². The first-order valence-corrected chi connectivity index (χ1v) is 4.83. The van der Waals surface area contributed by atoms with Crippen molar-refractivity contribution < 1.29 is 15.0 Å². The third kappa shape index (κ3) is 0.857.